The quantitative estimate of drug-likeness (QED) is 0.526. The molecule has 0 aliphatic heterocycles. The van der Waals surface area contributed by atoms with Crippen LogP contribution in [0.1, 0.15) is 26.0 Å². The molecule has 0 radical (unpaired) electrons. The Morgan fingerprint density at radius 2 is 2.10 bits per heavy atom. The number of rotatable bonds is 11. The van der Waals surface area contributed by atoms with Gasteiger partial charge in [0.2, 0.25) is 5.09 Å². The first kappa shape index (κ1) is 18.5. The molecule has 0 fully saturated rings. The molecule has 1 aromatic heterocycles. The van der Waals surface area contributed by atoms with Crippen molar-refractivity contribution in [3.63, 3.8) is 0 Å². The highest BCUT2D eigenvalue weighted by Crippen LogP contribution is 2.14. The third-order valence-corrected chi connectivity index (χ3v) is 4.98. The Bertz CT molecular complexity index is 500. The maximum absolute atomic E-state index is 12.0. The van der Waals surface area contributed by atoms with Crippen LogP contribution in [0.15, 0.2) is 21.6 Å². The second-order valence-corrected chi connectivity index (χ2v) is 7.77. The normalized spacial score (nSPS) is 12.2. The van der Waals surface area contributed by atoms with Crippen molar-refractivity contribution in [2.45, 2.75) is 37.9 Å². The second kappa shape index (κ2) is 9.47. The van der Waals surface area contributed by atoms with Crippen molar-refractivity contribution in [1.82, 2.24) is 10.0 Å². The van der Waals surface area contributed by atoms with Gasteiger partial charge in [0.15, 0.2) is 0 Å². The molecule has 3 N–H and O–H groups in total. The minimum atomic E-state index is -3.58. The Morgan fingerprint density at radius 1 is 1.33 bits per heavy atom. The smallest absolute Gasteiger partial charge is 0.273 e. The van der Waals surface area contributed by atoms with Gasteiger partial charge in [0.1, 0.15) is 5.76 Å². The van der Waals surface area contributed by atoms with Crippen LogP contribution in [-0.2, 0) is 16.6 Å². The molecule has 0 aliphatic rings. The van der Waals surface area contributed by atoms with Gasteiger partial charge in [0.05, 0.1) is 6.54 Å². The molecule has 0 aromatic carbocycles. The summed E-state index contributed by atoms with van der Waals surface area (Å²) in [4.78, 5) is 0. The zero-order chi connectivity index (χ0) is 15.7. The summed E-state index contributed by atoms with van der Waals surface area (Å²) in [6, 6.07) is 3.45. The average molecular weight is 336 g/mol. The Morgan fingerprint density at radius 3 is 2.76 bits per heavy atom. The number of nitrogens with one attached hydrogen (secondary N) is 2. The standard InChI is InChI=1S/C13H24N2O4S2/c1-11(2)14-10-12-4-5-13(19-12)21(17,18)15-6-9-20-8-3-7-16/h4-5,11,14-16H,3,6-10H2,1-2H3. The molecule has 0 bridgehead atoms. The number of hydrogen-bond donors (Lipinski definition) is 3. The molecule has 0 amide bonds. The van der Waals surface area contributed by atoms with Crippen LogP contribution in [0, 0.1) is 0 Å². The van der Waals surface area contributed by atoms with Crippen LogP contribution >= 0.6 is 11.8 Å². The second-order valence-electron chi connectivity index (χ2n) is 4.84. The van der Waals surface area contributed by atoms with Gasteiger partial charge in [-0.05, 0) is 24.3 Å². The lowest BCUT2D eigenvalue weighted by molar-refractivity contribution is 0.296. The third-order valence-electron chi connectivity index (χ3n) is 2.57. The van der Waals surface area contributed by atoms with E-state index in [2.05, 4.69) is 10.0 Å². The Labute approximate surface area is 130 Å². The van der Waals surface area contributed by atoms with Gasteiger partial charge in [-0.3, -0.25) is 0 Å². The van der Waals surface area contributed by atoms with Gasteiger partial charge in [0, 0.05) is 24.9 Å². The fraction of sp³-hybridized carbons (Fsp3) is 0.692. The van der Waals surface area contributed by atoms with Crippen molar-refractivity contribution in [2.75, 3.05) is 24.7 Å². The number of thioether (sulfide) groups is 1. The lowest BCUT2D eigenvalue weighted by Gasteiger charge is -2.06. The molecule has 1 aromatic rings. The first-order valence-electron chi connectivity index (χ1n) is 6.96. The van der Waals surface area contributed by atoms with Gasteiger partial charge < -0.3 is 14.8 Å². The van der Waals surface area contributed by atoms with Crippen LogP contribution in [0.5, 0.6) is 0 Å². The molecule has 0 atom stereocenters. The van der Waals surface area contributed by atoms with Crippen molar-refractivity contribution in [3.05, 3.63) is 17.9 Å². The van der Waals surface area contributed by atoms with E-state index >= 15 is 0 Å². The molecule has 1 heterocycles. The summed E-state index contributed by atoms with van der Waals surface area (Å²) in [5.41, 5.74) is 0. The van der Waals surface area contributed by atoms with Crippen LogP contribution < -0.4 is 10.0 Å². The highest BCUT2D eigenvalue weighted by atomic mass is 32.2. The van der Waals surface area contributed by atoms with Crippen LogP contribution in [0.4, 0.5) is 0 Å². The molecular weight excluding hydrogens is 312 g/mol. The maximum atomic E-state index is 12.0. The molecule has 1 rings (SSSR count). The van der Waals surface area contributed by atoms with Crippen molar-refractivity contribution in [2.24, 2.45) is 0 Å². The molecule has 122 valence electrons. The van der Waals surface area contributed by atoms with Crippen LogP contribution in [0.2, 0.25) is 0 Å². The molecule has 0 saturated heterocycles. The summed E-state index contributed by atoms with van der Waals surface area (Å²) in [6.45, 7) is 5.04. The van der Waals surface area contributed by atoms with Gasteiger partial charge in [-0.25, -0.2) is 13.1 Å². The van der Waals surface area contributed by atoms with Crippen LogP contribution in [0.3, 0.4) is 0 Å². The summed E-state index contributed by atoms with van der Waals surface area (Å²) < 4.78 is 31.8. The minimum absolute atomic E-state index is 0.0524. The number of sulfonamides is 1. The zero-order valence-corrected chi connectivity index (χ0v) is 14.1. The fourth-order valence-electron chi connectivity index (χ4n) is 1.49. The van der Waals surface area contributed by atoms with Crippen molar-refractivity contribution < 1.29 is 17.9 Å². The first-order chi connectivity index (χ1) is 9.95. The number of aliphatic hydroxyl groups excluding tert-OH is 1. The van der Waals surface area contributed by atoms with Gasteiger partial charge in [-0.2, -0.15) is 11.8 Å². The molecule has 0 aliphatic carbocycles. The van der Waals surface area contributed by atoms with E-state index in [1.807, 2.05) is 13.8 Å². The summed E-state index contributed by atoms with van der Waals surface area (Å²) in [7, 11) is -3.58. The van der Waals surface area contributed by atoms with Gasteiger partial charge in [-0.15, -0.1) is 0 Å². The number of aliphatic hydroxyl groups is 1. The van der Waals surface area contributed by atoms with E-state index in [1.54, 1.807) is 17.8 Å². The number of furan rings is 1. The molecule has 0 unspecified atom stereocenters. The zero-order valence-electron chi connectivity index (χ0n) is 12.5. The highest BCUT2D eigenvalue weighted by molar-refractivity contribution is 7.99. The van der Waals surface area contributed by atoms with Crippen LogP contribution in [0.25, 0.3) is 0 Å². The molecule has 21 heavy (non-hydrogen) atoms. The first-order valence-corrected chi connectivity index (χ1v) is 9.60. The van der Waals surface area contributed by atoms with Gasteiger partial charge in [0.25, 0.3) is 10.0 Å². The Balaban J connectivity index is 2.40. The predicted octanol–water partition coefficient (Wildman–Crippen LogP) is 1.17. The lowest BCUT2D eigenvalue weighted by Crippen LogP contribution is -2.26. The van der Waals surface area contributed by atoms with Gasteiger partial charge >= 0.3 is 0 Å². The van der Waals surface area contributed by atoms with Crippen molar-refractivity contribution in [1.29, 1.82) is 0 Å². The summed E-state index contributed by atoms with van der Waals surface area (Å²) >= 11 is 1.60. The van der Waals surface area contributed by atoms with E-state index < -0.39 is 10.0 Å². The maximum Gasteiger partial charge on any atom is 0.273 e. The average Bonchev–Trinajstić information content (AvgIpc) is 2.90. The fourth-order valence-corrected chi connectivity index (χ4v) is 3.38. The monoisotopic (exact) mass is 336 g/mol. The topological polar surface area (TPSA) is 91.6 Å². The SMILES string of the molecule is CC(C)NCc1ccc(S(=O)(=O)NCCSCCCO)o1. The highest BCUT2D eigenvalue weighted by Gasteiger charge is 2.18. The van der Waals surface area contributed by atoms with E-state index in [4.69, 9.17) is 9.52 Å². The largest absolute Gasteiger partial charge is 0.447 e. The Hall–Kier alpha value is -0.540. The minimum Gasteiger partial charge on any atom is -0.447 e. The summed E-state index contributed by atoms with van der Waals surface area (Å²) in [5.74, 6) is 2.09. The van der Waals surface area contributed by atoms with Gasteiger partial charge in [-0.1, -0.05) is 13.8 Å². The molecule has 0 saturated carbocycles. The number of hydrogen-bond acceptors (Lipinski definition) is 6. The molecule has 6 nitrogen and oxygen atoms in total. The van der Waals surface area contributed by atoms with Crippen molar-refractivity contribution >= 4 is 21.8 Å². The van der Waals surface area contributed by atoms with E-state index in [1.165, 1.54) is 6.07 Å². The van der Waals surface area contributed by atoms with Crippen molar-refractivity contribution in [3.8, 4) is 0 Å². The van der Waals surface area contributed by atoms with E-state index in [0.717, 1.165) is 12.2 Å². The summed E-state index contributed by atoms with van der Waals surface area (Å²) in [6.07, 6.45) is 0.724. The molecule has 0 spiro atoms. The van der Waals surface area contributed by atoms with E-state index in [0.29, 0.717) is 30.6 Å². The van der Waals surface area contributed by atoms with Crippen LogP contribution in [-0.4, -0.2) is 44.2 Å². The Kier molecular flexibility index (Phi) is 8.35. The molecule has 8 heteroatoms. The molecular formula is C13H24N2O4S2. The summed E-state index contributed by atoms with van der Waals surface area (Å²) in [5, 5.41) is 11.8. The lowest BCUT2D eigenvalue weighted by atomic mass is 10.3. The van der Waals surface area contributed by atoms with E-state index in [9.17, 15) is 8.42 Å². The third kappa shape index (κ3) is 7.32. The van der Waals surface area contributed by atoms with E-state index in [-0.39, 0.29) is 11.7 Å². The predicted molar refractivity (Wildman–Crippen MR) is 84.9 cm³/mol.